The molecule has 0 aliphatic heterocycles. The third-order valence-corrected chi connectivity index (χ3v) is 3.89. The Morgan fingerprint density at radius 2 is 1.22 bits per heavy atom. The minimum absolute atomic E-state index is 0.371. The number of carbonyl (C=O) groups excluding carboxylic acids is 3. The van der Waals surface area contributed by atoms with Crippen molar-refractivity contribution in [3.05, 3.63) is 71.8 Å². The van der Waals surface area contributed by atoms with Crippen LogP contribution in [0.25, 0.3) is 0 Å². The molecule has 2 amide bonds. The van der Waals surface area contributed by atoms with Gasteiger partial charge in [-0.3, -0.25) is 4.79 Å². The zero-order chi connectivity index (χ0) is 28.2. The molecule has 9 nitrogen and oxygen atoms in total. The second kappa shape index (κ2) is 18.8. The molecule has 0 radical (unpaired) electrons. The minimum atomic E-state index is -0.443. The van der Waals surface area contributed by atoms with Gasteiger partial charge in [0.05, 0.1) is 0 Å². The highest BCUT2D eigenvalue weighted by Gasteiger charge is 2.15. The third-order valence-electron chi connectivity index (χ3n) is 3.89. The zero-order valence-electron chi connectivity index (χ0n) is 23.0. The molecule has 0 aliphatic rings. The molecule has 2 rings (SSSR count). The Bertz CT molecular complexity index is 879. The summed E-state index contributed by atoms with van der Waals surface area (Å²) in [4.78, 5) is 32.2. The summed E-state index contributed by atoms with van der Waals surface area (Å²) in [5, 5.41) is 8.45. The first kappa shape index (κ1) is 33.6. The molecule has 0 unspecified atom stereocenters. The van der Waals surface area contributed by atoms with Crippen LogP contribution in [0, 0.1) is 0 Å². The van der Waals surface area contributed by atoms with Crippen molar-refractivity contribution in [3.8, 4) is 0 Å². The number of benzene rings is 2. The number of nitrogens with one attached hydrogen (secondary N) is 3. The van der Waals surface area contributed by atoms with E-state index in [1.54, 1.807) is 12.1 Å². The molecule has 0 aliphatic carbocycles. The van der Waals surface area contributed by atoms with Crippen LogP contribution in [0.1, 0.15) is 57.5 Å². The third kappa shape index (κ3) is 22.8. The molecule has 0 saturated carbocycles. The van der Waals surface area contributed by atoms with Gasteiger partial charge >= 0.3 is 12.2 Å². The highest BCUT2D eigenvalue weighted by atomic mass is 16.6. The lowest BCUT2D eigenvalue weighted by Gasteiger charge is -2.19. The van der Waals surface area contributed by atoms with Crippen LogP contribution < -0.4 is 21.7 Å². The van der Waals surface area contributed by atoms with Crippen molar-refractivity contribution >= 4 is 18.5 Å². The molecule has 0 saturated heterocycles. The lowest BCUT2D eigenvalue weighted by molar-refractivity contribution is 0.0517. The van der Waals surface area contributed by atoms with Crippen LogP contribution in [0.2, 0.25) is 0 Å². The largest absolute Gasteiger partial charge is 0.444 e. The first-order valence-corrected chi connectivity index (χ1v) is 12.2. The van der Waals surface area contributed by atoms with E-state index in [2.05, 4.69) is 28.1 Å². The summed E-state index contributed by atoms with van der Waals surface area (Å²) < 4.78 is 10.1. The highest BCUT2D eigenvalue weighted by molar-refractivity contribution is 5.74. The summed E-state index contributed by atoms with van der Waals surface area (Å²) in [6.07, 6.45) is 0.0481. The van der Waals surface area contributed by atoms with Crippen molar-refractivity contribution < 1.29 is 23.9 Å². The zero-order valence-corrected chi connectivity index (χ0v) is 23.0. The van der Waals surface area contributed by atoms with Gasteiger partial charge in [0, 0.05) is 38.3 Å². The lowest BCUT2D eigenvalue weighted by Crippen LogP contribution is -2.36. The standard InChI is InChI=1S/C14H22N2O2.C7H16N2O2.C7H6O/c1-14(2,3)18-13(17)16-10-9-15-11-12-7-5-4-6-8-12;1-7(2,3)11-6(10)9-5-4-8;8-6-7-4-2-1-3-5-7/h4-8,15H,9-11H2,1-3H3,(H,16,17);4-5,8H2,1-3H3,(H,9,10);1-6H. The van der Waals surface area contributed by atoms with E-state index in [0.29, 0.717) is 26.2 Å². The molecular weight excluding hydrogens is 472 g/mol. The van der Waals surface area contributed by atoms with Crippen LogP contribution in [0.5, 0.6) is 0 Å². The molecule has 37 heavy (non-hydrogen) atoms. The van der Waals surface area contributed by atoms with Crippen molar-refractivity contribution in [1.82, 2.24) is 16.0 Å². The van der Waals surface area contributed by atoms with Gasteiger partial charge in [-0.15, -0.1) is 0 Å². The molecule has 0 spiro atoms. The number of nitrogens with two attached hydrogens (primary N) is 1. The fraction of sp³-hybridized carbons (Fsp3) is 0.464. The molecule has 0 bridgehead atoms. The number of carbonyl (C=O) groups is 3. The predicted octanol–water partition coefficient (Wildman–Crippen LogP) is 4.27. The second-order valence-electron chi connectivity index (χ2n) is 9.84. The maximum atomic E-state index is 11.3. The lowest BCUT2D eigenvalue weighted by atomic mass is 10.2. The van der Waals surface area contributed by atoms with E-state index in [1.807, 2.05) is 77.9 Å². The van der Waals surface area contributed by atoms with E-state index < -0.39 is 17.3 Å². The highest BCUT2D eigenvalue weighted by Crippen LogP contribution is 2.06. The van der Waals surface area contributed by atoms with Crippen LogP contribution in [-0.4, -0.2) is 55.9 Å². The Balaban J connectivity index is 0.000000579. The molecule has 5 N–H and O–H groups in total. The van der Waals surface area contributed by atoms with E-state index in [9.17, 15) is 14.4 Å². The predicted molar refractivity (Wildman–Crippen MR) is 148 cm³/mol. The summed E-state index contributed by atoms with van der Waals surface area (Å²) in [6, 6.07) is 19.2. The van der Waals surface area contributed by atoms with Crippen LogP contribution in [0.15, 0.2) is 60.7 Å². The number of rotatable bonds is 8. The topological polar surface area (TPSA) is 132 Å². The number of hydrogen-bond donors (Lipinski definition) is 4. The Morgan fingerprint density at radius 3 is 1.62 bits per heavy atom. The van der Waals surface area contributed by atoms with Crippen LogP contribution in [0.3, 0.4) is 0 Å². The molecule has 0 heterocycles. The summed E-state index contributed by atoms with van der Waals surface area (Å²) in [5.41, 5.74) is 6.26. The van der Waals surface area contributed by atoms with E-state index in [4.69, 9.17) is 15.2 Å². The summed E-state index contributed by atoms with van der Waals surface area (Å²) in [7, 11) is 0. The van der Waals surface area contributed by atoms with Gasteiger partial charge in [0.15, 0.2) is 0 Å². The summed E-state index contributed by atoms with van der Waals surface area (Å²) in [5.74, 6) is 0. The average Bonchev–Trinajstić information content (AvgIpc) is 2.82. The van der Waals surface area contributed by atoms with Gasteiger partial charge in [-0.1, -0.05) is 60.7 Å². The number of hydrogen-bond acceptors (Lipinski definition) is 7. The van der Waals surface area contributed by atoms with Gasteiger partial charge in [-0.2, -0.15) is 0 Å². The van der Waals surface area contributed by atoms with Crippen LogP contribution >= 0.6 is 0 Å². The van der Waals surface area contributed by atoms with Crippen molar-refractivity contribution in [1.29, 1.82) is 0 Å². The molecule has 9 heteroatoms. The number of alkyl carbamates (subject to hydrolysis) is 2. The van der Waals surface area contributed by atoms with Gasteiger partial charge < -0.3 is 31.2 Å². The van der Waals surface area contributed by atoms with E-state index in [1.165, 1.54) is 5.56 Å². The van der Waals surface area contributed by atoms with Gasteiger partial charge in [-0.05, 0) is 47.1 Å². The minimum Gasteiger partial charge on any atom is -0.444 e. The SMILES string of the molecule is CC(C)(C)OC(=O)NCCN.CC(C)(C)OC(=O)NCCNCc1ccccc1.O=Cc1ccccc1. The summed E-state index contributed by atoms with van der Waals surface area (Å²) >= 11 is 0. The Kier molecular flexibility index (Phi) is 17.0. The second-order valence-corrected chi connectivity index (χ2v) is 9.84. The van der Waals surface area contributed by atoms with Gasteiger partial charge in [0.2, 0.25) is 0 Å². The van der Waals surface area contributed by atoms with Gasteiger partial charge in [0.25, 0.3) is 0 Å². The van der Waals surface area contributed by atoms with Crippen molar-refractivity contribution in [2.24, 2.45) is 5.73 Å². The van der Waals surface area contributed by atoms with Crippen LogP contribution in [-0.2, 0) is 16.0 Å². The monoisotopic (exact) mass is 516 g/mol. The molecule has 0 fully saturated rings. The molecule has 206 valence electrons. The first-order chi connectivity index (χ1) is 17.4. The smallest absolute Gasteiger partial charge is 0.407 e. The van der Waals surface area contributed by atoms with Crippen molar-refractivity contribution in [3.63, 3.8) is 0 Å². The molecule has 0 atom stereocenters. The Hall–Kier alpha value is -3.43. The van der Waals surface area contributed by atoms with Crippen LogP contribution in [0.4, 0.5) is 9.59 Å². The number of amides is 2. The van der Waals surface area contributed by atoms with E-state index >= 15 is 0 Å². The van der Waals surface area contributed by atoms with E-state index in [0.717, 1.165) is 18.4 Å². The van der Waals surface area contributed by atoms with Gasteiger partial charge in [-0.25, -0.2) is 9.59 Å². The van der Waals surface area contributed by atoms with Crippen molar-refractivity contribution in [2.75, 3.05) is 26.2 Å². The molecule has 2 aromatic rings. The van der Waals surface area contributed by atoms with E-state index in [-0.39, 0.29) is 6.09 Å². The van der Waals surface area contributed by atoms with Crippen molar-refractivity contribution in [2.45, 2.75) is 59.3 Å². The molecule has 0 aromatic heterocycles. The van der Waals surface area contributed by atoms with Gasteiger partial charge in [0.1, 0.15) is 17.5 Å². The number of aldehydes is 1. The maximum Gasteiger partial charge on any atom is 0.407 e. The maximum absolute atomic E-state index is 11.3. The fourth-order valence-electron chi connectivity index (χ4n) is 2.42. The average molecular weight is 517 g/mol. The first-order valence-electron chi connectivity index (χ1n) is 12.2. The Labute approximate surface area is 221 Å². The summed E-state index contributed by atoms with van der Waals surface area (Å²) in [6.45, 7) is 13.9. The normalized spacial score (nSPS) is 10.5. The number of ether oxygens (including phenoxy) is 2. The fourth-order valence-corrected chi connectivity index (χ4v) is 2.42. The quantitative estimate of drug-likeness (QED) is 0.304. The molecular formula is C28H44N4O5. The Morgan fingerprint density at radius 1 is 0.757 bits per heavy atom. The molecule has 2 aromatic carbocycles.